The molecule has 2 heteroatoms. The fourth-order valence-corrected chi connectivity index (χ4v) is 1.60. The van der Waals surface area contributed by atoms with Crippen molar-refractivity contribution >= 4 is 11.6 Å². The van der Waals surface area contributed by atoms with Crippen LogP contribution in [0.3, 0.4) is 0 Å². The van der Waals surface area contributed by atoms with Crippen LogP contribution in [-0.4, -0.2) is 30.4 Å². The van der Waals surface area contributed by atoms with E-state index in [4.69, 9.17) is 11.6 Å². The smallest absolute Gasteiger partial charge is 0.0249 e. The van der Waals surface area contributed by atoms with Gasteiger partial charge >= 0.3 is 0 Å². The van der Waals surface area contributed by atoms with Crippen LogP contribution in [0.25, 0.3) is 0 Å². The number of nitrogens with zero attached hydrogens (tertiary/aromatic N) is 1. The highest BCUT2D eigenvalue weighted by atomic mass is 35.5. The Labute approximate surface area is 88.5 Å². The van der Waals surface area contributed by atoms with Crippen LogP contribution in [0.2, 0.25) is 0 Å². The topological polar surface area (TPSA) is 3.24 Å². The van der Waals surface area contributed by atoms with Crippen LogP contribution in [0.4, 0.5) is 0 Å². The van der Waals surface area contributed by atoms with E-state index >= 15 is 0 Å². The summed E-state index contributed by atoms with van der Waals surface area (Å²) in [4.78, 5) is 2.48. The van der Waals surface area contributed by atoms with Crippen molar-refractivity contribution in [2.24, 2.45) is 5.92 Å². The number of hydrogen-bond acceptors (Lipinski definition) is 1. The molecule has 0 aromatic rings. The summed E-state index contributed by atoms with van der Waals surface area (Å²) < 4.78 is 0. The van der Waals surface area contributed by atoms with Crippen molar-refractivity contribution in [3.63, 3.8) is 0 Å². The largest absolute Gasteiger partial charge is 0.304 e. The molecule has 13 heavy (non-hydrogen) atoms. The van der Waals surface area contributed by atoms with E-state index in [2.05, 4.69) is 25.7 Å². The third kappa shape index (κ3) is 7.33. The van der Waals surface area contributed by atoms with Gasteiger partial charge in [-0.1, -0.05) is 27.2 Å². The van der Waals surface area contributed by atoms with E-state index < -0.39 is 0 Å². The fraction of sp³-hybridized carbons (Fsp3) is 1.00. The van der Waals surface area contributed by atoms with Gasteiger partial charge in [0.1, 0.15) is 0 Å². The Bertz CT molecular complexity index is 102. The van der Waals surface area contributed by atoms with Gasteiger partial charge in [-0.2, -0.15) is 0 Å². The summed E-state index contributed by atoms with van der Waals surface area (Å²) in [7, 11) is 0. The van der Waals surface area contributed by atoms with Crippen LogP contribution in [0.5, 0.6) is 0 Å². The minimum absolute atomic E-state index is 0.693. The molecule has 0 aliphatic carbocycles. The molecular weight excluding hydrogens is 182 g/mol. The van der Waals surface area contributed by atoms with Crippen molar-refractivity contribution in [1.29, 1.82) is 0 Å². The standard InChI is InChI=1S/C11H24ClN/c1-4-13(5-2)9-7-6-8-11(3)10-12/h11H,4-10H2,1-3H3. The van der Waals surface area contributed by atoms with E-state index in [9.17, 15) is 0 Å². The van der Waals surface area contributed by atoms with Crippen LogP contribution in [0.15, 0.2) is 0 Å². The summed E-state index contributed by atoms with van der Waals surface area (Å²) in [6.45, 7) is 10.3. The molecule has 0 heterocycles. The molecule has 0 amide bonds. The van der Waals surface area contributed by atoms with E-state index in [1.54, 1.807) is 0 Å². The predicted octanol–water partition coefficient (Wildman–Crippen LogP) is 3.37. The van der Waals surface area contributed by atoms with Crippen molar-refractivity contribution < 1.29 is 0 Å². The number of hydrogen-bond donors (Lipinski definition) is 0. The zero-order valence-corrected chi connectivity index (χ0v) is 10.1. The zero-order chi connectivity index (χ0) is 10.1. The Kier molecular flexibility index (Phi) is 9.00. The first kappa shape index (κ1) is 13.2. The highest BCUT2D eigenvalue weighted by molar-refractivity contribution is 6.18. The van der Waals surface area contributed by atoms with Gasteiger partial charge in [0.15, 0.2) is 0 Å². The maximum absolute atomic E-state index is 5.74. The summed E-state index contributed by atoms with van der Waals surface area (Å²) in [5, 5.41) is 0. The Balaban J connectivity index is 3.23. The van der Waals surface area contributed by atoms with Crippen LogP contribution >= 0.6 is 11.6 Å². The molecule has 0 aliphatic heterocycles. The molecule has 0 fully saturated rings. The zero-order valence-electron chi connectivity index (χ0n) is 9.35. The first-order valence-corrected chi connectivity index (χ1v) is 6.06. The summed E-state index contributed by atoms with van der Waals surface area (Å²) in [5.41, 5.74) is 0. The third-order valence-electron chi connectivity index (χ3n) is 2.58. The molecule has 0 aromatic carbocycles. The van der Waals surface area contributed by atoms with Gasteiger partial charge in [-0.25, -0.2) is 0 Å². The Hall–Kier alpha value is 0.250. The van der Waals surface area contributed by atoms with Crippen molar-refractivity contribution in [3.8, 4) is 0 Å². The number of unbranched alkanes of at least 4 members (excludes halogenated alkanes) is 1. The lowest BCUT2D eigenvalue weighted by Gasteiger charge is -2.17. The summed E-state index contributed by atoms with van der Waals surface area (Å²) >= 11 is 5.74. The molecule has 80 valence electrons. The lowest BCUT2D eigenvalue weighted by Crippen LogP contribution is -2.23. The summed E-state index contributed by atoms with van der Waals surface area (Å²) in [5.74, 6) is 1.50. The minimum atomic E-state index is 0.693. The molecule has 1 unspecified atom stereocenters. The number of halogens is 1. The quantitative estimate of drug-likeness (QED) is 0.434. The number of rotatable bonds is 8. The number of alkyl halides is 1. The maximum atomic E-state index is 5.74. The fourth-order valence-electron chi connectivity index (χ4n) is 1.45. The van der Waals surface area contributed by atoms with E-state index in [-0.39, 0.29) is 0 Å². The van der Waals surface area contributed by atoms with Gasteiger partial charge in [-0.15, -0.1) is 11.6 Å². The van der Waals surface area contributed by atoms with Crippen molar-refractivity contribution in [2.75, 3.05) is 25.5 Å². The predicted molar refractivity (Wildman–Crippen MR) is 61.5 cm³/mol. The van der Waals surface area contributed by atoms with Gasteiger partial charge in [0.2, 0.25) is 0 Å². The van der Waals surface area contributed by atoms with Crippen molar-refractivity contribution in [1.82, 2.24) is 4.90 Å². The van der Waals surface area contributed by atoms with Gasteiger partial charge in [0, 0.05) is 5.88 Å². The van der Waals surface area contributed by atoms with Crippen LogP contribution in [0.1, 0.15) is 40.0 Å². The Morgan fingerprint density at radius 2 is 1.77 bits per heavy atom. The van der Waals surface area contributed by atoms with Crippen LogP contribution in [0, 0.1) is 5.92 Å². The molecule has 1 nitrogen and oxygen atoms in total. The molecule has 0 rings (SSSR count). The van der Waals surface area contributed by atoms with Gasteiger partial charge < -0.3 is 4.90 Å². The van der Waals surface area contributed by atoms with E-state index in [0.717, 1.165) is 5.88 Å². The molecule has 0 saturated carbocycles. The first-order chi connectivity index (χ1) is 6.24. The van der Waals surface area contributed by atoms with Gasteiger partial charge in [-0.3, -0.25) is 0 Å². The average molecular weight is 206 g/mol. The van der Waals surface area contributed by atoms with Gasteiger partial charge in [0.05, 0.1) is 0 Å². The lowest BCUT2D eigenvalue weighted by molar-refractivity contribution is 0.293. The second-order valence-electron chi connectivity index (χ2n) is 3.78. The Morgan fingerprint density at radius 3 is 2.23 bits per heavy atom. The van der Waals surface area contributed by atoms with Crippen molar-refractivity contribution in [3.05, 3.63) is 0 Å². The molecule has 1 atom stereocenters. The third-order valence-corrected chi connectivity index (χ3v) is 3.11. The van der Waals surface area contributed by atoms with Crippen LogP contribution in [-0.2, 0) is 0 Å². The molecule has 0 saturated heterocycles. The van der Waals surface area contributed by atoms with E-state index in [1.165, 1.54) is 38.9 Å². The van der Waals surface area contributed by atoms with Gasteiger partial charge in [-0.05, 0) is 38.4 Å². The van der Waals surface area contributed by atoms with Gasteiger partial charge in [0.25, 0.3) is 0 Å². The molecule has 0 spiro atoms. The molecule has 0 bridgehead atoms. The normalized spacial score (nSPS) is 13.6. The lowest BCUT2D eigenvalue weighted by atomic mass is 10.1. The van der Waals surface area contributed by atoms with Crippen molar-refractivity contribution in [2.45, 2.75) is 40.0 Å². The average Bonchev–Trinajstić information content (AvgIpc) is 2.18. The summed E-state index contributed by atoms with van der Waals surface area (Å²) in [6, 6.07) is 0. The molecular formula is C11H24ClN. The monoisotopic (exact) mass is 205 g/mol. The SMILES string of the molecule is CCN(CC)CCCCC(C)CCl. The second kappa shape index (κ2) is 8.83. The Morgan fingerprint density at radius 1 is 1.15 bits per heavy atom. The molecule has 0 N–H and O–H groups in total. The van der Waals surface area contributed by atoms with Crippen LogP contribution < -0.4 is 0 Å². The van der Waals surface area contributed by atoms with E-state index in [0.29, 0.717) is 5.92 Å². The highest BCUT2D eigenvalue weighted by Gasteiger charge is 2.01. The minimum Gasteiger partial charge on any atom is -0.304 e. The summed E-state index contributed by atoms with van der Waals surface area (Å²) in [6.07, 6.45) is 3.93. The second-order valence-corrected chi connectivity index (χ2v) is 4.09. The molecule has 0 aromatic heterocycles. The maximum Gasteiger partial charge on any atom is 0.0249 e. The molecule has 0 radical (unpaired) electrons. The highest BCUT2D eigenvalue weighted by Crippen LogP contribution is 2.09. The van der Waals surface area contributed by atoms with E-state index in [1.807, 2.05) is 0 Å². The molecule has 0 aliphatic rings. The first-order valence-electron chi connectivity index (χ1n) is 5.52.